The molecule has 0 saturated heterocycles. The zero-order valence-electron chi connectivity index (χ0n) is 6.48. The molecular weight excluding hydrogens is 128 g/mol. The van der Waals surface area contributed by atoms with Crippen molar-refractivity contribution in [2.75, 3.05) is 0 Å². The van der Waals surface area contributed by atoms with Crippen molar-refractivity contribution in [3.05, 3.63) is 0 Å². The third-order valence-electron chi connectivity index (χ3n) is 2.79. The molecule has 1 amide bonds. The van der Waals surface area contributed by atoms with Crippen molar-refractivity contribution in [1.82, 2.24) is 0 Å². The minimum Gasteiger partial charge on any atom is -0.368 e. The molecule has 0 heterocycles. The highest BCUT2D eigenvalue weighted by atomic mass is 16.1. The highest BCUT2D eigenvalue weighted by Crippen LogP contribution is 2.47. The van der Waals surface area contributed by atoms with E-state index in [1.807, 2.05) is 13.8 Å². The molecule has 0 spiro atoms. The Morgan fingerprint density at radius 1 is 1.40 bits per heavy atom. The lowest BCUT2D eigenvalue weighted by Gasteiger charge is -2.51. The first-order valence-corrected chi connectivity index (χ1v) is 3.49. The molecule has 0 aromatic carbocycles. The Morgan fingerprint density at radius 2 is 1.90 bits per heavy atom. The SMILES string of the molecule is CC1(C)CCC1(N)C(N)=O. The third kappa shape index (κ3) is 0.669. The number of hydrogen-bond acceptors (Lipinski definition) is 2. The van der Waals surface area contributed by atoms with Gasteiger partial charge in [-0.3, -0.25) is 4.79 Å². The van der Waals surface area contributed by atoms with Gasteiger partial charge in [-0.05, 0) is 18.3 Å². The molecule has 1 fully saturated rings. The van der Waals surface area contributed by atoms with Crippen LogP contribution in [-0.4, -0.2) is 11.4 Å². The summed E-state index contributed by atoms with van der Waals surface area (Å²) in [5.41, 5.74) is 10.1. The molecule has 0 aromatic heterocycles. The molecule has 0 bridgehead atoms. The Morgan fingerprint density at radius 3 is 1.90 bits per heavy atom. The summed E-state index contributed by atoms with van der Waals surface area (Å²) in [6.45, 7) is 3.95. The van der Waals surface area contributed by atoms with E-state index in [1.165, 1.54) is 0 Å². The quantitative estimate of drug-likeness (QED) is 0.540. The van der Waals surface area contributed by atoms with Crippen LogP contribution in [0, 0.1) is 5.41 Å². The van der Waals surface area contributed by atoms with E-state index in [0.29, 0.717) is 0 Å². The molecule has 1 aliphatic carbocycles. The van der Waals surface area contributed by atoms with Crippen molar-refractivity contribution in [2.24, 2.45) is 16.9 Å². The number of nitrogens with two attached hydrogens (primary N) is 2. The van der Waals surface area contributed by atoms with Gasteiger partial charge in [-0.15, -0.1) is 0 Å². The van der Waals surface area contributed by atoms with Crippen LogP contribution in [0.5, 0.6) is 0 Å². The lowest BCUT2D eigenvalue weighted by molar-refractivity contribution is -0.134. The highest BCUT2D eigenvalue weighted by molar-refractivity contribution is 5.86. The topological polar surface area (TPSA) is 69.1 Å². The van der Waals surface area contributed by atoms with Crippen molar-refractivity contribution in [3.8, 4) is 0 Å². The molecule has 1 saturated carbocycles. The number of hydrogen-bond donors (Lipinski definition) is 2. The summed E-state index contributed by atoms with van der Waals surface area (Å²) >= 11 is 0. The molecule has 1 aliphatic rings. The second-order valence-corrected chi connectivity index (χ2v) is 3.72. The largest absolute Gasteiger partial charge is 0.368 e. The van der Waals surface area contributed by atoms with Gasteiger partial charge in [-0.2, -0.15) is 0 Å². The summed E-state index contributed by atoms with van der Waals surface area (Å²) in [5.74, 6) is -0.372. The Bertz CT molecular complexity index is 176. The van der Waals surface area contributed by atoms with Crippen LogP contribution in [0.15, 0.2) is 0 Å². The minimum atomic E-state index is -0.743. The van der Waals surface area contributed by atoms with Crippen molar-refractivity contribution in [3.63, 3.8) is 0 Å². The van der Waals surface area contributed by atoms with Crippen LogP contribution in [0.25, 0.3) is 0 Å². The molecule has 1 rings (SSSR count). The third-order valence-corrected chi connectivity index (χ3v) is 2.79. The molecule has 58 valence electrons. The standard InChI is InChI=1S/C7H14N2O/c1-6(2)3-4-7(6,9)5(8)10/h3-4,9H2,1-2H3,(H2,8,10). The van der Waals surface area contributed by atoms with Gasteiger partial charge in [-0.25, -0.2) is 0 Å². The smallest absolute Gasteiger partial charge is 0.238 e. The fourth-order valence-electron chi connectivity index (χ4n) is 1.35. The summed E-state index contributed by atoms with van der Waals surface area (Å²) < 4.78 is 0. The van der Waals surface area contributed by atoms with E-state index in [2.05, 4.69) is 0 Å². The van der Waals surface area contributed by atoms with Crippen LogP contribution in [0.2, 0.25) is 0 Å². The second kappa shape index (κ2) is 1.72. The number of carbonyl (C=O) groups excluding carboxylic acids is 1. The fraction of sp³-hybridized carbons (Fsp3) is 0.857. The minimum absolute atomic E-state index is 0.0984. The summed E-state index contributed by atoms with van der Waals surface area (Å²) in [6.07, 6.45) is 1.72. The Hall–Kier alpha value is -0.570. The molecule has 0 aromatic rings. The Labute approximate surface area is 60.8 Å². The van der Waals surface area contributed by atoms with E-state index in [9.17, 15) is 4.79 Å². The summed E-state index contributed by atoms with van der Waals surface area (Å²) in [6, 6.07) is 0. The average Bonchev–Trinajstić information content (AvgIpc) is 1.83. The zero-order chi connectivity index (χ0) is 7.99. The first-order chi connectivity index (χ1) is 4.40. The Balaban J connectivity index is 2.81. The number of amides is 1. The van der Waals surface area contributed by atoms with Crippen molar-refractivity contribution in [2.45, 2.75) is 32.2 Å². The van der Waals surface area contributed by atoms with Crippen molar-refractivity contribution >= 4 is 5.91 Å². The van der Waals surface area contributed by atoms with Gasteiger partial charge in [0.2, 0.25) is 5.91 Å². The van der Waals surface area contributed by atoms with E-state index >= 15 is 0 Å². The molecule has 3 heteroatoms. The van der Waals surface area contributed by atoms with Gasteiger partial charge in [-0.1, -0.05) is 13.8 Å². The first-order valence-electron chi connectivity index (χ1n) is 3.49. The van der Waals surface area contributed by atoms with E-state index in [4.69, 9.17) is 11.5 Å². The maximum atomic E-state index is 10.8. The molecule has 1 atom stereocenters. The molecule has 0 aliphatic heterocycles. The van der Waals surface area contributed by atoms with Gasteiger partial charge >= 0.3 is 0 Å². The Kier molecular flexibility index (Phi) is 1.30. The van der Waals surface area contributed by atoms with Crippen LogP contribution in [0.4, 0.5) is 0 Å². The maximum absolute atomic E-state index is 10.8. The molecule has 1 unspecified atom stereocenters. The normalized spacial score (nSPS) is 36.7. The van der Waals surface area contributed by atoms with E-state index in [0.717, 1.165) is 12.8 Å². The van der Waals surface area contributed by atoms with Gasteiger partial charge < -0.3 is 11.5 Å². The van der Waals surface area contributed by atoms with Crippen molar-refractivity contribution in [1.29, 1.82) is 0 Å². The number of carbonyl (C=O) groups is 1. The molecule has 10 heavy (non-hydrogen) atoms. The predicted octanol–water partition coefficient (Wildman–Crippen LogP) is -0.0108. The van der Waals surface area contributed by atoms with Crippen LogP contribution in [0.1, 0.15) is 26.7 Å². The van der Waals surface area contributed by atoms with Crippen LogP contribution < -0.4 is 11.5 Å². The number of rotatable bonds is 1. The van der Waals surface area contributed by atoms with Crippen molar-refractivity contribution < 1.29 is 4.79 Å². The van der Waals surface area contributed by atoms with Gasteiger partial charge in [0.1, 0.15) is 5.54 Å². The van der Waals surface area contributed by atoms with E-state index in [-0.39, 0.29) is 11.3 Å². The summed E-state index contributed by atoms with van der Waals surface area (Å²) in [5, 5.41) is 0. The van der Waals surface area contributed by atoms with E-state index < -0.39 is 5.54 Å². The van der Waals surface area contributed by atoms with Crippen LogP contribution in [0.3, 0.4) is 0 Å². The van der Waals surface area contributed by atoms with Crippen LogP contribution >= 0.6 is 0 Å². The van der Waals surface area contributed by atoms with Gasteiger partial charge in [0.25, 0.3) is 0 Å². The average molecular weight is 142 g/mol. The summed E-state index contributed by atoms with van der Waals surface area (Å²) in [7, 11) is 0. The lowest BCUT2D eigenvalue weighted by atomic mass is 9.57. The first kappa shape index (κ1) is 7.54. The fourth-order valence-corrected chi connectivity index (χ4v) is 1.35. The predicted molar refractivity (Wildman–Crippen MR) is 39.1 cm³/mol. The zero-order valence-corrected chi connectivity index (χ0v) is 6.48. The van der Waals surface area contributed by atoms with Gasteiger partial charge in [0.15, 0.2) is 0 Å². The van der Waals surface area contributed by atoms with Crippen LogP contribution in [-0.2, 0) is 4.79 Å². The highest BCUT2D eigenvalue weighted by Gasteiger charge is 2.54. The number of primary amides is 1. The second-order valence-electron chi connectivity index (χ2n) is 3.72. The molecular formula is C7H14N2O. The monoisotopic (exact) mass is 142 g/mol. The van der Waals surface area contributed by atoms with Gasteiger partial charge in [0, 0.05) is 0 Å². The van der Waals surface area contributed by atoms with Gasteiger partial charge in [0.05, 0.1) is 0 Å². The molecule has 4 N–H and O–H groups in total. The molecule has 3 nitrogen and oxygen atoms in total. The molecule has 0 radical (unpaired) electrons. The maximum Gasteiger partial charge on any atom is 0.238 e. The lowest BCUT2D eigenvalue weighted by Crippen LogP contribution is -2.68. The van der Waals surface area contributed by atoms with E-state index in [1.54, 1.807) is 0 Å². The summed E-state index contributed by atoms with van der Waals surface area (Å²) in [4.78, 5) is 10.8.